The molecule has 0 spiro atoms. The van der Waals surface area contributed by atoms with E-state index in [1.807, 2.05) is 0 Å². The topological polar surface area (TPSA) is 86.0 Å². The smallest absolute Gasteiger partial charge is 0.337 e. The molecular weight excluding hydrogens is 437 g/mol. The Balaban J connectivity index is 1.56. The number of pyridine rings is 1. The van der Waals surface area contributed by atoms with Crippen LogP contribution in [0.25, 0.3) is 16.7 Å². The number of carbonyl (C=O) groups is 1. The van der Waals surface area contributed by atoms with Gasteiger partial charge in [-0.2, -0.15) is 0 Å². The van der Waals surface area contributed by atoms with Crippen LogP contribution in [0.15, 0.2) is 40.1 Å². The maximum absolute atomic E-state index is 13.9. The maximum atomic E-state index is 13.9. The SMILES string of the molecule is O=C(NC1CCC(n2c(=O)c3cc(F)cnc3n(-c3ccc(F)c(F)c3)c2=O)CC1)C1CC1. The van der Waals surface area contributed by atoms with Crippen LogP contribution in [0.1, 0.15) is 44.6 Å². The van der Waals surface area contributed by atoms with Crippen LogP contribution in [-0.2, 0) is 4.79 Å². The van der Waals surface area contributed by atoms with Crippen LogP contribution in [0.4, 0.5) is 13.2 Å². The van der Waals surface area contributed by atoms with E-state index in [4.69, 9.17) is 0 Å². The van der Waals surface area contributed by atoms with Gasteiger partial charge >= 0.3 is 5.69 Å². The number of amides is 1. The molecule has 7 nitrogen and oxygen atoms in total. The highest BCUT2D eigenvalue weighted by Gasteiger charge is 2.33. The molecule has 1 amide bonds. The molecule has 10 heteroatoms. The molecule has 172 valence electrons. The van der Waals surface area contributed by atoms with Crippen molar-refractivity contribution in [2.24, 2.45) is 5.92 Å². The summed E-state index contributed by atoms with van der Waals surface area (Å²) in [5.41, 5.74) is -1.62. The van der Waals surface area contributed by atoms with E-state index in [0.29, 0.717) is 25.7 Å². The lowest BCUT2D eigenvalue weighted by Gasteiger charge is -2.30. The highest BCUT2D eigenvalue weighted by Crippen LogP contribution is 2.31. The number of rotatable bonds is 4. The first-order valence-electron chi connectivity index (χ1n) is 10.9. The molecule has 2 heterocycles. The van der Waals surface area contributed by atoms with Crippen molar-refractivity contribution in [1.29, 1.82) is 0 Å². The van der Waals surface area contributed by atoms with Gasteiger partial charge in [0, 0.05) is 24.1 Å². The molecular formula is C23H21F3N4O3. The summed E-state index contributed by atoms with van der Waals surface area (Å²) in [7, 11) is 0. The first-order valence-corrected chi connectivity index (χ1v) is 10.9. The third-order valence-corrected chi connectivity index (χ3v) is 6.41. The Morgan fingerprint density at radius 2 is 1.70 bits per heavy atom. The van der Waals surface area contributed by atoms with E-state index in [2.05, 4.69) is 10.3 Å². The van der Waals surface area contributed by atoms with Gasteiger partial charge in [0.05, 0.1) is 17.3 Å². The third-order valence-electron chi connectivity index (χ3n) is 6.41. The number of nitrogens with one attached hydrogen (secondary N) is 1. The van der Waals surface area contributed by atoms with Crippen LogP contribution < -0.4 is 16.6 Å². The quantitative estimate of drug-likeness (QED) is 0.652. The molecule has 0 radical (unpaired) electrons. The Labute approximate surface area is 185 Å². The average molecular weight is 458 g/mol. The molecule has 2 aliphatic rings. The number of halogens is 3. The van der Waals surface area contributed by atoms with Gasteiger partial charge < -0.3 is 5.32 Å². The zero-order chi connectivity index (χ0) is 23.3. The van der Waals surface area contributed by atoms with Crippen molar-refractivity contribution in [3.8, 4) is 5.69 Å². The minimum atomic E-state index is -1.17. The summed E-state index contributed by atoms with van der Waals surface area (Å²) < 4.78 is 43.4. The molecule has 2 aliphatic carbocycles. The molecule has 5 rings (SSSR count). The van der Waals surface area contributed by atoms with E-state index in [1.54, 1.807) is 0 Å². The van der Waals surface area contributed by atoms with E-state index in [-0.39, 0.29) is 34.6 Å². The summed E-state index contributed by atoms with van der Waals surface area (Å²) >= 11 is 0. The fraction of sp³-hybridized carbons (Fsp3) is 0.391. The summed E-state index contributed by atoms with van der Waals surface area (Å²) in [6, 6.07) is 3.37. The van der Waals surface area contributed by atoms with Gasteiger partial charge in [-0.15, -0.1) is 0 Å². The van der Waals surface area contributed by atoms with Crippen LogP contribution in [0.3, 0.4) is 0 Å². The van der Waals surface area contributed by atoms with Crippen molar-refractivity contribution < 1.29 is 18.0 Å². The molecule has 0 aliphatic heterocycles. The zero-order valence-corrected chi connectivity index (χ0v) is 17.6. The Kier molecular flexibility index (Phi) is 5.30. The van der Waals surface area contributed by atoms with Gasteiger partial charge in [-0.3, -0.25) is 14.2 Å². The van der Waals surface area contributed by atoms with Gasteiger partial charge in [-0.1, -0.05) is 0 Å². The molecule has 0 unspecified atom stereocenters. The van der Waals surface area contributed by atoms with Gasteiger partial charge in [-0.05, 0) is 56.7 Å². The molecule has 0 bridgehead atoms. The predicted octanol–water partition coefficient (Wildman–Crippen LogP) is 2.97. The van der Waals surface area contributed by atoms with Crippen LogP contribution in [-0.4, -0.2) is 26.1 Å². The number of benzene rings is 1. The molecule has 0 atom stereocenters. The predicted molar refractivity (Wildman–Crippen MR) is 114 cm³/mol. The molecule has 33 heavy (non-hydrogen) atoms. The van der Waals surface area contributed by atoms with Gasteiger partial charge in [0.25, 0.3) is 5.56 Å². The van der Waals surface area contributed by atoms with E-state index in [1.165, 1.54) is 6.07 Å². The number of hydrogen-bond donors (Lipinski definition) is 1. The van der Waals surface area contributed by atoms with Crippen molar-refractivity contribution in [3.63, 3.8) is 0 Å². The third kappa shape index (κ3) is 3.94. The number of nitrogens with zero attached hydrogens (tertiary/aromatic N) is 3. The largest absolute Gasteiger partial charge is 0.353 e. The van der Waals surface area contributed by atoms with Crippen molar-refractivity contribution in [2.45, 2.75) is 50.6 Å². The Hall–Kier alpha value is -3.43. The highest BCUT2D eigenvalue weighted by molar-refractivity contribution is 5.81. The Bertz CT molecular complexity index is 1370. The number of fused-ring (bicyclic) bond motifs is 1. The molecule has 0 saturated heterocycles. The summed E-state index contributed by atoms with van der Waals surface area (Å²) in [6.07, 6.45) is 4.74. The average Bonchev–Trinajstić information content (AvgIpc) is 3.63. The van der Waals surface area contributed by atoms with Crippen molar-refractivity contribution >= 4 is 16.9 Å². The van der Waals surface area contributed by atoms with Gasteiger partial charge in [0.15, 0.2) is 17.3 Å². The first kappa shape index (κ1) is 21.4. The fourth-order valence-corrected chi connectivity index (χ4v) is 4.50. The van der Waals surface area contributed by atoms with E-state index in [9.17, 15) is 27.6 Å². The van der Waals surface area contributed by atoms with Gasteiger partial charge in [0.2, 0.25) is 5.91 Å². The first-order chi connectivity index (χ1) is 15.8. The highest BCUT2D eigenvalue weighted by atomic mass is 19.2. The number of hydrogen-bond acceptors (Lipinski definition) is 4. The summed E-state index contributed by atoms with van der Waals surface area (Å²) in [6.45, 7) is 0. The van der Waals surface area contributed by atoms with Gasteiger partial charge in [0.1, 0.15) is 5.82 Å². The second-order valence-electron chi connectivity index (χ2n) is 8.70. The minimum absolute atomic E-state index is 0.0258. The van der Waals surface area contributed by atoms with Crippen LogP contribution in [0.5, 0.6) is 0 Å². The molecule has 2 fully saturated rings. The molecule has 3 aromatic rings. The molecule has 2 saturated carbocycles. The minimum Gasteiger partial charge on any atom is -0.353 e. The Morgan fingerprint density at radius 3 is 2.36 bits per heavy atom. The zero-order valence-electron chi connectivity index (χ0n) is 17.6. The lowest BCUT2D eigenvalue weighted by molar-refractivity contribution is -0.123. The second-order valence-corrected chi connectivity index (χ2v) is 8.70. The maximum Gasteiger partial charge on any atom is 0.337 e. The van der Waals surface area contributed by atoms with E-state index in [0.717, 1.165) is 46.4 Å². The van der Waals surface area contributed by atoms with Crippen LogP contribution in [0.2, 0.25) is 0 Å². The van der Waals surface area contributed by atoms with E-state index < -0.39 is 34.7 Å². The van der Waals surface area contributed by atoms with Crippen LogP contribution >= 0.6 is 0 Å². The van der Waals surface area contributed by atoms with Crippen molar-refractivity contribution in [3.05, 3.63) is 68.8 Å². The lowest BCUT2D eigenvalue weighted by Crippen LogP contribution is -2.45. The van der Waals surface area contributed by atoms with E-state index >= 15 is 0 Å². The summed E-state index contributed by atoms with van der Waals surface area (Å²) in [4.78, 5) is 42.6. The van der Waals surface area contributed by atoms with Crippen molar-refractivity contribution in [2.75, 3.05) is 0 Å². The van der Waals surface area contributed by atoms with Gasteiger partial charge in [-0.25, -0.2) is 27.5 Å². The molecule has 1 aromatic carbocycles. The summed E-state index contributed by atoms with van der Waals surface area (Å²) in [5, 5.41) is 2.89. The second kappa shape index (κ2) is 8.17. The number of carbonyl (C=O) groups excluding carboxylic acids is 1. The fourth-order valence-electron chi connectivity index (χ4n) is 4.50. The normalized spacial score (nSPS) is 20.7. The Morgan fingerprint density at radius 1 is 0.970 bits per heavy atom. The number of aromatic nitrogens is 3. The monoisotopic (exact) mass is 458 g/mol. The molecule has 2 aromatic heterocycles. The molecule has 1 N–H and O–H groups in total. The summed E-state index contributed by atoms with van der Waals surface area (Å²) in [5.74, 6) is -2.87. The standard InChI is InChI=1S/C23H21F3N4O3/c24-13-9-17-20(27-11-13)29(16-7-8-18(25)19(26)10-16)23(33)30(22(17)32)15-5-3-14(4-6-15)28-21(31)12-1-2-12/h7-12,14-15H,1-6H2,(H,28,31). The van der Waals surface area contributed by atoms with Crippen molar-refractivity contribution in [1.82, 2.24) is 19.4 Å². The van der Waals surface area contributed by atoms with Crippen LogP contribution in [0, 0.1) is 23.4 Å². The lowest BCUT2D eigenvalue weighted by atomic mass is 9.90.